The fraction of sp³-hybridized carbons (Fsp3) is 0.333. The molecule has 0 aromatic carbocycles. The Morgan fingerprint density at radius 3 is 2.50 bits per heavy atom. The van der Waals surface area contributed by atoms with E-state index in [1.54, 1.807) is 19.9 Å². The molecule has 0 saturated carbocycles. The van der Waals surface area contributed by atoms with E-state index in [0.717, 1.165) is 0 Å². The van der Waals surface area contributed by atoms with Gasteiger partial charge in [0.25, 0.3) is 5.79 Å². The van der Waals surface area contributed by atoms with Crippen molar-refractivity contribution in [2.75, 3.05) is 7.11 Å². The highest BCUT2D eigenvalue weighted by Gasteiger charge is 2.43. The quantitative estimate of drug-likeness (QED) is 0.625. The average Bonchev–Trinajstić information content (AvgIpc) is 2.21. The zero-order chi connectivity index (χ0) is 11.9. The van der Waals surface area contributed by atoms with E-state index in [9.17, 15) is 9.59 Å². The molecular formula is C12H12O4. The van der Waals surface area contributed by atoms with Crippen molar-refractivity contribution in [3.05, 3.63) is 34.9 Å². The van der Waals surface area contributed by atoms with E-state index in [0.29, 0.717) is 16.7 Å². The maximum Gasteiger partial charge on any atom is 0.334 e. The molecule has 16 heavy (non-hydrogen) atoms. The first kappa shape index (κ1) is 10.8. The third kappa shape index (κ3) is 1.42. The molecule has 1 aliphatic heterocycles. The summed E-state index contributed by atoms with van der Waals surface area (Å²) in [5.41, 5.74) is 1.79. The van der Waals surface area contributed by atoms with Gasteiger partial charge in [-0.05, 0) is 37.1 Å². The highest BCUT2D eigenvalue weighted by atomic mass is 16.7. The summed E-state index contributed by atoms with van der Waals surface area (Å²) < 4.78 is 10.4. The normalized spacial score (nSPS) is 28.8. The van der Waals surface area contributed by atoms with E-state index in [-0.39, 0.29) is 5.78 Å². The molecule has 0 fully saturated rings. The minimum atomic E-state index is -1.23. The predicted octanol–water partition coefficient (Wildman–Crippen LogP) is 1.29. The fourth-order valence-corrected chi connectivity index (χ4v) is 1.90. The topological polar surface area (TPSA) is 52.6 Å². The molecule has 0 bridgehead atoms. The van der Waals surface area contributed by atoms with Crippen LogP contribution in [-0.2, 0) is 19.1 Å². The second kappa shape index (κ2) is 3.42. The van der Waals surface area contributed by atoms with E-state index in [4.69, 9.17) is 9.47 Å². The zero-order valence-electron chi connectivity index (χ0n) is 9.37. The molecule has 0 amide bonds. The van der Waals surface area contributed by atoms with Crippen LogP contribution in [-0.4, -0.2) is 24.6 Å². The number of ether oxygens (including phenoxy) is 2. The molecule has 84 valence electrons. The first-order chi connectivity index (χ1) is 7.48. The van der Waals surface area contributed by atoms with E-state index in [2.05, 4.69) is 0 Å². The number of carbonyl (C=O) groups excluding carboxylic acids is 2. The van der Waals surface area contributed by atoms with Crippen molar-refractivity contribution in [3.63, 3.8) is 0 Å². The van der Waals surface area contributed by atoms with Gasteiger partial charge in [-0.15, -0.1) is 0 Å². The summed E-state index contributed by atoms with van der Waals surface area (Å²) in [6, 6.07) is 0. The summed E-state index contributed by atoms with van der Waals surface area (Å²) in [5, 5.41) is 0. The van der Waals surface area contributed by atoms with Crippen LogP contribution in [0.3, 0.4) is 0 Å². The lowest BCUT2D eigenvalue weighted by Gasteiger charge is -2.36. The van der Waals surface area contributed by atoms with Gasteiger partial charge in [0.15, 0.2) is 5.78 Å². The number of hydrogen-bond donors (Lipinski definition) is 0. The Morgan fingerprint density at radius 1 is 1.19 bits per heavy atom. The van der Waals surface area contributed by atoms with Gasteiger partial charge >= 0.3 is 5.97 Å². The first-order valence-electron chi connectivity index (χ1n) is 4.91. The molecular weight excluding hydrogens is 208 g/mol. The van der Waals surface area contributed by atoms with Crippen LogP contribution in [0.4, 0.5) is 0 Å². The van der Waals surface area contributed by atoms with Crippen molar-refractivity contribution in [1.29, 1.82) is 0 Å². The maximum absolute atomic E-state index is 11.6. The Bertz CT molecular complexity index is 467. The fourth-order valence-electron chi connectivity index (χ4n) is 1.90. The van der Waals surface area contributed by atoms with Gasteiger partial charge in [-0.2, -0.15) is 0 Å². The van der Waals surface area contributed by atoms with E-state index in [1.807, 2.05) is 0 Å². The van der Waals surface area contributed by atoms with Gasteiger partial charge in [0.2, 0.25) is 0 Å². The molecule has 0 radical (unpaired) electrons. The zero-order valence-corrected chi connectivity index (χ0v) is 9.37. The summed E-state index contributed by atoms with van der Waals surface area (Å²) in [6.45, 7) is 3.42. The van der Waals surface area contributed by atoms with Crippen molar-refractivity contribution in [3.8, 4) is 0 Å². The number of fused-ring (bicyclic) bond motifs is 1. The minimum Gasteiger partial charge on any atom is -0.421 e. The van der Waals surface area contributed by atoms with Crippen LogP contribution in [0.2, 0.25) is 0 Å². The second-order valence-electron chi connectivity index (χ2n) is 3.87. The smallest absolute Gasteiger partial charge is 0.334 e. The number of esters is 1. The van der Waals surface area contributed by atoms with Crippen molar-refractivity contribution in [2.24, 2.45) is 0 Å². The SMILES string of the molecule is CO[C@@]12C=C(C)C(=O)C=C1C(C)=CC(=O)O2. The Hall–Kier alpha value is -1.68. The van der Waals surface area contributed by atoms with Gasteiger partial charge in [-0.25, -0.2) is 4.79 Å². The number of hydrogen-bond acceptors (Lipinski definition) is 4. The molecule has 1 heterocycles. The lowest BCUT2D eigenvalue weighted by molar-refractivity contribution is -0.184. The molecule has 4 nitrogen and oxygen atoms in total. The Kier molecular flexibility index (Phi) is 2.31. The molecule has 0 N–H and O–H groups in total. The number of carbonyl (C=O) groups is 2. The van der Waals surface area contributed by atoms with Crippen LogP contribution >= 0.6 is 0 Å². The van der Waals surface area contributed by atoms with Crippen LogP contribution in [0.1, 0.15) is 13.8 Å². The minimum absolute atomic E-state index is 0.0895. The van der Waals surface area contributed by atoms with Crippen molar-refractivity contribution >= 4 is 11.8 Å². The van der Waals surface area contributed by atoms with Gasteiger partial charge in [0.1, 0.15) is 0 Å². The average molecular weight is 220 g/mol. The molecule has 0 aromatic rings. The lowest BCUT2D eigenvalue weighted by Crippen LogP contribution is -2.42. The van der Waals surface area contributed by atoms with E-state index in [1.165, 1.54) is 19.3 Å². The highest BCUT2D eigenvalue weighted by Crippen LogP contribution is 2.37. The third-order valence-corrected chi connectivity index (χ3v) is 2.76. The van der Waals surface area contributed by atoms with Gasteiger partial charge < -0.3 is 9.47 Å². The van der Waals surface area contributed by atoms with Crippen LogP contribution in [0.15, 0.2) is 34.9 Å². The third-order valence-electron chi connectivity index (χ3n) is 2.76. The Labute approximate surface area is 93.2 Å². The summed E-state index contributed by atoms with van der Waals surface area (Å²) >= 11 is 0. The molecule has 0 saturated heterocycles. The van der Waals surface area contributed by atoms with Crippen molar-refractivity contribution in [1.82, 2.24) is 0 Å². The molecule has 1 atom stereocenters. The number of rotatable bonds is 1. The van der Waals surface area contributed by atoms with Crippen LogP contribution in [0.25, 0.3) is 0 Å². The van der Waals surface area contributed by atoms with E-state index < -0.39 is 11.8 Å². The van der Waals surface area contributed by atoms with Crippen molar-refractivity contribution in [2.45, 2.75) is 19.6 Å². The molecule has 0 unspecified atom stereocenters. The highest BCUT2D eigenvalue weighted by molar-refractivity contribution is 6.06. The van der Waals surface area contributed by atoms with Gasteiger partial charge in [0.05, 0.1) is 0 Å². The van der Waals surface area contributed by atoms with Crippen LogP contribution in [0, 0.1) is 0 Å². The van der Waals surface area contributed by atoms with Gasteiger partial charge in [0, 0.05) is 18.8 Å². The number of methoxy groups -OCH3 is 1. The molecule has 2 aliphatic rings. The van der Waals surface area contributed by atoms with E-state index >= 15 is 0 Å². The number of ketones is 1. The van der Waals surface area contributed by atoms with Gasteiger partial charge in [-0.1, -0.05) is 0 Å². The molecule has 1 aliphatic carbocycles. The first-order valence-corrected chi connectivity index (χ1v) is 4.91. The Morgan fingerprint density at radius 2 is 1.88 bits per heavy atom. The summed E-state index contributed by atoms with van der Waals surface area (Å²) in [7, 11) is 1.44. The summed E-state index contributed by atoms with van der Waals surface area (Å²) in [5.74, 6) is -1.78. The monoisotopic (exact) mass is 220 g/mol. The predicted molar refractivity (Wildman–Crippen MR) is 56.4 cm³/mol. The second-order valence-corrected chi connectivity index (χ2v) is 3.87. The largest absolute Gasteiger partial charge is 0.421 e. The van der Waals surface area contributed by atoms with Crippen LogP contribution < -0.4 is 0 Å². The summed E-state index contributed by atoms with van der Waals surface area (Å²) in [6.07, 6.45) is 4.35. The van der Waals surface area contributed by atoms with Crippen molar-refractivity contribution < 1.29 is 19.1 Å². The van der Waals surface area contributed by atoms with Crippen LogP contribution in [0.5, 0.6) is 0 Å². The molecule has 0 spiro atoms. The maximum atomic E-state index is 11.6. The number of allylic oxidation sites excluding steroid dienone is 2. The Balaban J connectivity index is 2.61. The molecule has 0 aromatic heterocycles. The summed E-state index contributed by atoms with van der Waals surface area (Å²) in [4.78, 5) is 22.9. The standard InChI is InChI=1S/C12H12O4/c1-7-4-11(14)16-12(15-3)6-8(2)10(13)5-9(7)12/h4-6H,1-3H3/t12-/m1/s1. The molecule has 4 heteroatoms. The molecule has 2 rings (SSSR count). The van der Waals surface area contributed by atoms with Gasteiger partial charge in [-0.3, -0.25) is 4.79 Å². The lowest BCUT2D eigenvalue weighted by atomic mass is 9.87.